The minimum Gasteiger partial charge on any atom is -0.473 e. The lowest BCUT2D eigenvalue weighted by atomic mass is 9.64. The molecular weight excluding hydrogens is 584 g/mol. The lowest BCUT2D eigenvalue weighted by molar-refractivity contribution is -0.128. The molecule has 3 aliphatic carbocycles. The number of anilines is 1. The van der Waals surface area contributed by atoms with Crippen LogP contribution in [-0.2, 0) is 21.4 Å². The first-order valence-electron chi connectivity index (χ1n) is 17.5. The largest absolute Gasteiger partial charge is 0.473 e. The molecule has 250 valence electrons. The maximum Gasteiger partial charge on any atom is 0.410 e. The van der Waals surface area contributed by atoms with Gasteiger partial charge in [-0.15, -0.1) is 0 Å². The summed E-state index contributed by atoms with van der Waals surface area (Å²) in [7, 11) is 2.15. The molecule has 2 aromatic rings. The van der Waals surface area contributed by atoms with E-state index < -0.39 is 11.0 Å². The van der Waals surface area contributed by atoms with Gasteiger partial charge in [-0.2, -0.15) is 4.98 Å². The molecule has 7 rings (SSSR count). The third-order valence-corrected chi connectivity index (χ3v) is 11.2. The van der Waals surface area contributed by atoms with E-state index >= 15 is 0 Å². The van der Waals surface area contributed by atoms with Gasteiger partial charge in [-0.3, -0.25) is 14.6 Å². The van der Waals surface area contributed by atoms with Crippen molar-refractivity contribution in [2.45, 2.75) is 133 Å². The highest BCUT2D eigenvalue weighted by Gasteiger charge is 2.51. The molecule has 0 N–H and O–H groups in total. The Morgan fingerprint density at radius 3 is 2.52 bits per heavy atom. The minimum absolute atomic E-state index is 0.0561. The van der Waals surface area contributed by atoms with E-state index in [-0.39, 0.29) is 23.5 Å². The standard InChI is InChI=1S/C35H50N6O5/c1-23(25-12-9-18-39(25)5)44-28-21-27(40-19-20-41(32(43)45-33(2,3)4)34(22-40)14-10-15-34)36-31(37-28)29-24-11-8-17-35(30(24)46-38-29)16-7-6-13-26(35)42/h21,23,25H,6-20,22H2,1-5H3/t23-,25-,35+/m0/s1. The molecule has 0 unspecified atom stereocenters. The summed E-state index contributed by atoms with van der Waals surface area (Å²) in [6.45, 7) is 10.8. The van der Waals surface area contributed by atoms with Crippen molar-refractivity contribution in [1.29, 1.82) is 0 Å². The van der Waals surface area contributed by atoms with Gasteiger partial charge in [0.1, 0.15) is 23.3 Å². The summed E-state index contributed by atoms with van der Waals surface area (Å²) in [4.78, 5) is 43.3. The number of hydrogen-bond acceptors (Lipinski definition) is 10. The number of likely N-dealkylation sites (tertiary alicyclic amines) is 1. The van der Waals surface area contributed by atoms with Crippen molar-refractivity contribution in [3.63, 3.8) is 0 Å². The van der Waals surface area contributed by atoms with Crippen molar-refractivity contribution in [2.75, 3.05) is 38.1 Å². The predicted octanol–water partition coefficient (Wildman–Crippen LogP) is 5.69. The Morgan fingerprint density at radius 1 is 1.02 bits per heavy atom. The molecule has 3 atom stereocenters. The molecule has 2 saturated carbocycles. The number of hydrogen-bond donors (Lipinski definition) is 0. The van der Waals surface area contributed by atoms with Crippen LogP contribution in [0.4, 0.5) is 10.6 Å². The predicted molar refractivity (Wildman–Crippen MR) is 173 cm³/mol. The van der Waals surface area contributed by atoms with E-state index in [0.29, 0.717) is 49.5 Å². The molecule has 11 nitrogen and oxygen atoms in total. The number of likely N-dealkylation sites (N-methyl/N-ethyl adjacent to an activating group) is 1. The zero-order valence-corrected chi connectivity index (χ0v) is 28.3. The number of piperazine rings is 1. The molecule has 1 amide bonds. The Hall–Kier alpha value is -3.21. The summed E-state index contributed by atoms with van der Waals surface area (Å²) in [6, 6.07) is 2.26. The van der Waals surface area contributed by atoms with Gasteiger partial charge in [0.25, 0.3) is 0 Å². The van der Waals surface area contributed by atoms with Gasteiger partial charge < -0.3 is 18.9 Å². The zero-order chi connectivity index (χ0) is 32.3. The third kappa shape index (κ3) is 5.56. The Balaban J connectivity index is 1.23. The van der Waals surface area contributed by atoms with Crippen LogP contribution in [0.1, 0.15) is 110 Å². The number of rotatable bonds is 5. The first kappa shape index (κ1) is 31.4. The number of aromatic nitrogens is 3. The number of Topliss-reactive ketones (excluding diaryl/α,β-unsaturated/α-hetero) is 1. The van der Waals surface area contributed by atoms with Gasteiger partial charge >= 0.3 is 6.09 Å². The quantitative estimate of drug-likeness (QED) is 0.406. The molecule has 2 spiro atoms. The maximum atomic E-state index is 13.3. The van der Waals surface area contributed by atoms with Crippen LogP contribution in [0.5, 0.6) is 5.88 Å². The fourth-order valence-corrected chi connectivity index (χ4v) is 8.70. The first-order valence-corrected chi connectivity index (χ1v) is 17.5. The number of ether oxygens (including phenoxy) is 2. The Labute approximate surface area is 272 Å². The molecule has 46 heavy (non-hydrogen) atoms. The van der Waals surface area contributed by atoms with Crippen LogP contribution in [0.25, 0.3) is 11.5 Å². The molecule has 0 aromatic carbocycles. The van der Waals surface area contributed by atoms with Crippen LogP contribution in [-0.4, -0.2) is 93.3 Å². The Kier molecular flexibility index (Phi) is 8.05. The second kappa shape index (κ2) is 11.8. The van der Waals surface area contributed by atoms with E-state index in [2.05, 4.69) is 28.9 Å². The summed E-state index contributed by atoms with van der Waals surface area (Å²) in [5.41, 5.74) is 0.195. The van der Waals surface area contributed by atoms with Crippen molar-refractivity contribution in [1.82, 2.24) is 24.9 Å². The molecule has 4 heterocycles. The van der Waals surface area contributed by atoms with Crippen LogP contribution in [0.2, 0.25) is 0 Å². The number of fused-ring (bicyclic) bond motifs is 2. The highest BCUT2D eigenvalue weighted by molar-refractivity contribution is 5.91. The fourth-order valence-electron chi connectivity index (χ4n) is 8.70. The van der Waals surface area contributed by atoms with Crippen molar-refractivity contribution < 1.29 is 23.6 Å². The smallest absolute Gasteiger partial charge is 0.410 e. The van der Waals surface area contributed by atoms with E-state index in [4.69, 9.17) is 24.0 Å². The molecule has 0 radical (unpaired) electrons. The second-order valence-electron chi connectivity index (χ2n) is 15.4. The maximum absolute atomic E-state index is 13.3. The van der Waals surface area contributed by atoms with Gasteiger partial charge in [0, 0.05) is 43.7 Å². The van der Waals surface area contributed by atoms with Gasteiger partial charge in [-0.25, -0.2) is 9.78 Å². The average molecular weight is 635 g/mol. The van der Waals surface area contributed by atoms with Crippen LogP contribution in [0.15, 0.2) is 10.6 Å². The number of carbonyl (C=O) groups is 2. The molecule has 11 heteroatoms. The van der Waals surface area contributed by atoms with Crippen LogP contribution < -0.4 is 9.64 Å². The Bertz CT molecular complexity index is 1480. The fraction of sp³-hybridized carbons (Fsp3) is 0.743. The summed E-state index contributed by atoms with van der Waals surface area (Å²) >= 11 is 0. The lowest BCUT2D eigenvalue weighted by Gasteiger charge is -2.55. The van der Waals surface area contributed by atoms with Gasteiger partial charge in [0.15, 0.2) is 17.3 Å². The normalized spacial score (nSPS) is 27.1. The number of nitrogens with zero attached hydrogens (tertiary/aromatic N) is 6. The lowest BCUT2D eigenvalue weighted by Crippen LogP contribution is -2.67. The first-order chi connectivity index (χ1) is 22.0. The highest BCUT2D eigenvalue weighted by atomic mass is 16.6. The monoisotopic (exact) mass is 634 g/mol. The minimum atomic E-state index is -0.565. The average Bonchev–Trinajstić information content (AvgIpc) is 3.63. The number of carbonyl (C=O) groups excluding carboxylic acids is 2. The summed E-state index contributed by atoms with van der Waals surface area (Å²) < 4.78 is 18.5. The van der Waals surface area contributed by atoms with Crippen molar-refractivity contribution >= 4 is 17.7 Å². The van der Waals surface area contributed by atoms with Crippen LogP contribution >= 0.6 is 0 Å². The molecule has 2 aliphatic heterocycles. The van der Waals surface area contributed by atoms with E-state index in [0.717, 1.165) is 94.3 Å². The Morgan fingerprint density at radius 2 is 1.83 bits per heavy atom. The summed E-state index contributed by atoms with van der Waals surface area (Å²) in [5, 5.41) is 4.57. The molecule has 5 aliphatic rings. The van der Waals surface area contributed by atoms with Crippen molar-refractivity contribution in [3.05, 3.63) is 17.4 Å². The third-order valence-electron chi connectivity index (χ3n) is 11.2. The summed E-state index contributed by atoms with van der Waals surface area (Å²) in [6.07, 6.45) is 10.8. The zero-order valence-electron chi connectivity index (χ0n) is 28.3. The van der Waals surface area contributed by atoms with Crippen LogP contribution in [0.3, 0.4) is 0 Å². The van der Waals surface area contributed by atoms with E-state index in [9.17, 15) is 9.59 Å². The molecular formula is C35H50N6O5. The van der Waals surface area contributed by atoms with Gasteiger partial charge in [-0.1, -0.05) is 11.6 Å². The van der Waals surface area contributed by atoms with E-state index in [1.54, 1.807) is 0 Å². The van der Waals surface area contributed by atoms with Crippen molar-refractivity contribution in [3.8, 4) is 17.4 Å². The number of ketones is 1. The van der Waals surface area contributed by atoms with Crippen molar-refractivity contribution in [2.24, 2.45) is 0 Å². The molecule has 2 saturated heterocycles. The van der Waals surface area contributed by atoms with Gasteiger partial charge in [0.05, 0.1) is 11.0 Å². The summed E-state index contributed by atoms with van der Waals surface area (Å²) in [5.74, 6) is 2.76. The second-order valence-corrected chi connectivity index (χ2v) is 15.4. The highest BCUT2D eigenvalue weighted by Crippen LogP contribution is 2.48. The van der Waals surface area contributed by atoms with E-state index in [1.807, 2.05) is 31.7 Å². The molecule has 4 fully saturated rings. The van der Waals surface area contributed by atoms with E-state index in [1.165, 1.54) is 0 Å². The van der Waals surface area contributed by atoms with Gasteiger partial charge in [0.2, 0.25) is 5.88 Å². The molecule has 2 aromatic heterocycles. The molecule has 0 bridgehead atoms. The SMILES string of the molecule is C[C@H](Oc1cc(N2CCN(C(=O)OC(C)(C)C)C3(CCC3)C2)nc(-c2noc3c2CCC[C@@]32CCCCC2=O)n1)[C@@H]1CCCN1C. The van der Waals surface area contributed by atoms with Gasteiger partial charge in [-0.05, 0) is 105 Å². The number of amides is 1. The van der Waals surface area contributed by atoms with Crippen LogP contribution in [0, 0.1) is 0 Å². The topological polar surface area (TPSA) is 114 Å².